The summed E-state index contributed by atoms with van der Waals surface area (Å²) >= 11 is 6.21. The highest BCUT2D eigenvalue weighted by atomic mass is 35.5. The Morgan fingerprint density at radius 3 is 2.45 bits per heavy atom. The molecule has 1 unspecified atom stereocenters. The lowest BCUT2D eigenvalue weighted by molar-refractivity contribution is 0.0918. The van der Waals surface area contributed by atoms with Gasteiger partial charge in [0.25, 0.3) is 0 Å². The van der Waals surface area contributed by atoms with Gasteiger partial charge in [0.2, 0.25) is 0 Å². The van der Waals surface area contributed by atoms with Crippen LogP contribution in [0.25, 0.3) is 11.1 Å². The van der Waals surface area contributed by atoms with E-state index in [1.165, 1.54) is 0 Å². The number of hydrogen-bond acceptors (Lipinski definition) is 3. The van der Waals surface area contributed by atoms with E-state index < -0.39 is 0 Å². The minimum absolute atomic E-state index is 0.00763. The van der Waals surface area contributed by atoms with Crippen molar-refractivity contribution in [2.24, 2.45) is 10.9 Å². The Balaban J connectivity index is 1.84. The maximum atomic E-state index is 6.21. The first-order valence-corrected chi connectivity index (χ1v) is 6.94. The molecule has 102 valence electrons. The predicted molar refractivity (Wildman–Crippen MR) is 82.0 cm³/mol. The van der Waals surface area contributed by atoms with Crippen LogP contribution in [0.15, 0.2) is 53.7 Å². The topological polar surface area (TPSA) is 47.6 Å². The molecule has 0 aliphatic carbocycles. The van der Waals surface area contributed by atoms with E-state index in [9.17, 15) is 0 Å². The summed E-state index contributed by atoms with van der Waals surface area (Å²) in [5.41, 5.74) is 9.72. The zero-order valence-corrected chi connectivity index (χ0v) is 11.7. The van der Waals surface area contributed by atoms with Crippen LogP contribution in [0.3, 0.4) is 0 Å². The SMILES string of the molecule is NCC1CC(c2ccc(-c3ccccc3Cl)cc2)=NO1. The molecule has 1 aliphatic heterocycles. The second-order valence-corrected chi connectivity index (χ2v) is 5.17. The van der Waals surface area contributed by atoms with Gasteiger partial charge in [0.15, 0.2) is 0 Å². The fourth-order valence-electron chi connectivity index (χ4n) is 2.26. The number of rotatable bonds is 3. The Bertz CT molecular complexity index is 637. The van der Waals surface area contributed by atoms with Gasteiger partial charge in [-0.25, -0.2) is 0 Å². The summed E-state index contributed by atoms with van der Waals surface area (Å²) in [5, 5.41) is 4.84. The number of hydrogen-bond donors (Lipinski definition) is 1. The largest absolute Gasteiger partial charge is 0.390 e. The van der Waals surface area contributed by atoms with Gasteiger partial charge in [-0.2, -0.15) is 0 Å². The number of nitrogens with two attached hydrogens (primary N) is 1. The Morgan fingerprint density at radius 2 is 1.80 bits per heavy atom. The first kappa shape index (κ1) is 13.2. The molecule has 0 saturated carbocycles. The number of halogens is 1. The molecule has 2 N–H and O–H groups in total. The average molecular weight is 287 g/mol. The van der Waals surface area contributed by atoms with Crippen molar-refractivity contribution in [3.8, 4) is 11.1 Å². The summed E-state index contributed by atoms with van der Waals surface area (Å²) in [4.78, 5) is 5.24. The second-order valence-electron chi connectivity index (χ2n) is 4.76. The second kappa shape index (κ2) is 5.65. The maximum absolute atomic E-state index is 6.21. The third kappa shape index (κ3) is 2.55. The standard InChI is InChI=1S/C16H15ClN2O/c17-15-4-2-1-3-14(15)11-5-7-12(8-6-11)16-9-13(10-18)20-19-16/h1-8,13H,9-10,18H2. The van der Waals surface area contributed by atoms with Gasteiger partial charge in [0.05, 0.1) is 5.71 Å². The molecule has 0 fully saturated rings. The lowest BCUT2D eigenvalue weighted by Crippen LogP contribution is -2.20. The van der Waals surface area contributed by atoms with E-state index in [0.717, 1.165) is 33.8 Å². The third-order valence-electron chi connectivity index (χ3n) is 3.40. The van der Waals surface area contributed by atoms with Crippen LogP contribution in [0.2, 0.25) is 5.02 Å². The Labute approximate surface area is 123 Å². The molecular formula is C16H15ClN2O. The molecule has 1 aliphatic rings. The van der Waals surface area contributed by atoms with Gasteiger partial charge in [-0.3, -0.25) is 0 Å². The molecule has 4 heteroatoms. The molecule has 2 aromatic carbocycles. The summed E-state index contributed by atoms with van der Waals surface area (Å²) in [6.07, 6.45) is 0.773. The Hall–Kier alpha value is -1.84. The molecule has 1 atom stereocenters. The quantitative estimate of drug-likeness (QED) is 0.939. The smallest absolute Gasteiger partial charge is 0.145 e. The van der Waals surface area contributed by atoms with Gasteiger partial charge >= 0.3 is 0 Å². The first-order valence-electron chi connectivity index (χ1n) is 6.56. The predicted octanol–water partition coefficient (Wildman–Crippen LogP) is 3.46. The van der Waals surface area contributed by atoms with Crippen molar-refractivity contribution >= 4 is 17.3 Å². The molecule has 3 rings (SSSR count). The number of benzene rings is 2. The van der Waals surface area contributed by atoms with Crippen LogP contribution in [-0.4, -0.2) is 18.4 Å². The minimum Gasteiger partial charge on any atom is -0.390 e. The molecule has 1 heterocycles. The van der Waals surface area contributed by atoms with Gasteiger partial charge in [-0.05, 0) is 17.2 Å². The molecule has 0 radical (unpaired) electrons. The molecule has 0 saturated heterocycles. The van der Waals surface area contributed by atoms with Crippen LogP contribution in [0.4, 0.5) is 0 Å². The van der Waals surface area contributed by atoms with E-state index in [-0.39, 0.29) is 6.10 Å². The van der Waals surface area contributed by atoms with Gasteiger partial charge < -0.3 is 10.6 Å². The van der Waals surface area contributed by atoms with Crippen LogP contribution < -0.4 is 5.73 Å². The highest BCUT2D eigenvalue weighted by molar-refractivity contribution is 6.33. The maximum Gasteiger partial charge on any atom is 0.145 e. The van der Waals surface area contributed by atoms with Crippen molar-refractivity contribution < 1.29 is 4.84 Å². The van der Waals surface area contributed by atoms with E-state index in [1.807, 2.05) is 36.4 Å². The van der Waals surface area contributed by atoms with Crippen molar-refractivity contribution in [2.75, 3.05) is 6.54 Å². The highest BCUT2D eigenvalue weighted by Gasteiger charge is 2.20. The van der Waals surface area contributed by atoms with Crippen LogP contribution >= 0.6 is 11.6 Å². The van der Waals surface area contributed by atoms with Crippen LogP contribution in [0.5, 0.6) is 0 Å². The zero-order chi connectivity index (χ0) is 13.9. The summed E-state index contributed by atoms with van der Waals surface area (Å²) in [6, 6.07) is 16.0. The molecule has 20 heavy (non-hydrogen) atoms. The van der Waals surface area contributed by atoms with Crippen molar-refractivity contribution in [3.05, 3.63) is 59.1 Å². The summed E-state index contributed by atoms with van der Waals surface area (Å²) in [7, 11) is 0. The van der Waals surface area contributed by atoms with Gasteiger partial charge in [0, 0.05) is 23.6 Å². The summed E-state index contributed by atoms with van der Waals surface area (Å²) in [5.74, 6) is 0. The zero-order valence-electron chi connectivity index (χ0n) is 10.9. The van der Waals surface area contributed by atoms with E-state index in [2.05, 4.69) is 17.3 Å². The molecule has 0 spiro atoms. The molecular weight excluding hydrogens is 272 g/mol. The summed E-state index contributed by atoms with van der Waals surface area (Å²) < 4.78 is 0. The van der Waals surface area contributed by atoms with E-state index in [4.69, 9.17) is 22.2 Å². The number of nitrogens with zero attached hydrogens (tertiary/aromatic N) is 1. The van der Waals surface area contributed by atoms with E-state index >= 15 is 0 Å². The average Bonchev–Trinajstić information content (AvgIpc) is 2.97. The van der Waals surface area contributed by atoms with Crippen LogP contribution in [0, 0.1) is 0 Å². The van der Waals surface area contributed by atoms with Crippen molar-refractivity contribution in [1.29, 1.82) is 0 Å². The normalized spacial score (nSPS) is 17.7. The minimum atomic E-state index is 0.00763. The van der Waals surface area contributed by atoms with Crippen LogP contribution in [-0.2, 0) is 4.84 Å². The van der Waals surface area contributed by atoms with Gasteiger partial charge in [0.1, 0.15) is 6.10 Å². The fraction of sp³-hybridized carbons (Fsp3) is 0.188. The highest BCUT2D eigenvalue weighted by Crippen LogP contribution is 2.28. The fourth-order valence-corrected chi connectivity index (χ4v) is 2.51. The Morgan fingerprint density at radius 1 is 1.10 bits per heavy atom. The van der Waals surface area contributed by atoms with Crippen molar-refractivity contribution in [3.63, 3.8) is 0 Å². The summed E-state index contributed by atoms with van der Waals surface area (Å²) in [6.45, 7) is 0.491. The van der Waals surface area contributed by atoms with E-state index in [1.54, 1.807) is 0 Å². The van der Waals surface area contributed by atoms with Crippen LogP contribution in [0.1, 0.15) is 12.0 Å². The monoisotopic (exact) mass is 286 g/mol. The molecule has 2 aromatic rings. The van der Waals surface area contributed by atoms with Gasteiger partial charge in [-0.1, -0.05) is 59.2 Å². The Kier molecular flexibility index (Phi) is 3.72. The van der Waals surface area contributed by atoms with Crippen molar-refractivity contribution in [2.45, 2.75) is 12.5 Å². The third-order valence-corrected chi connectivity index (χ3v) is 3.73. The van der Waals surface area contributed by atoms with Crippen molar-refractivity contribution in [1.82, 2.24) is 0 Å². The molecule has 0 amide bonds. The number of oxime groups is 1. The lowest BCUT2D eigenvalue weighted by Gasteiger charge is -2.06. The molecule has 0 aromatic heterocycles. The molecule has 3 nitrogen and oxygen atoms in total. The molecule has 0 bridgehead atoms. The van der Waals surface area contributed by atoms with E-state index in [0.29, 0.717) is 6.54 Å². The lowest BCUT2D eigenvalue weighted by atomic mass is 10.00. The van der Waals surface area contributed by atoms with Gasteiger partial charge in [-0.15, -0.1) is 0 Å². The first-order chi connectivity index (χ1) is 9.78.